The Morgan fingerprint density at radius 2 is 2.00 bits per heavy atom. The third kappa shape index (κ3) is 3.59. The lowest BCUT2D eigenvalue weighted by atomic mass is 10.1. The lowest BCUT2D eigenvalue weighted by molar-refractivity contribution is 0.422. The van der Waals surface area contributed by atoms with Gasteiger partial charge in [-0.1, -0.05) is 36.8 Å². The van der Waals surface area contributed by atoms with E-state index in [1.165, 1.54) is 5.56 Å². The van der Waals surface area contributed by atoms with E-state index in [1.807, 2.05) is 18.2 Å². The van der Waals surface area contributed by atoms with E-state index in [2.05, 4.69) is 22.2 Å². The first kappa shape index (κ1) is 14.0. The molecule has 20 heavy (non-hydrogen) atoms. The van der Waals surface area contributed by atoms with E-state index in [0.29, 0.717) is 5.92 Å². The summed E-state index contributed by atoms with van der Waals surface area (Å²) < 4.78 is 27.2. The fraction of sp³-hybridized carbons (Fsp3) is 0.600. The van der Waals surface area contributed by atoms with Gasteiger partial charge in [-0.05, 0) is 31.4 Å². The monoisotopic (exact) mass is 294 g/mol. The van der Waals surface area contributed by atoms with Crippen LogP contribution in [0.2, 0.25) is 0 Å². The molecule has 0 bridgehead atoms. The zero-order chi connectivity index (χ0) is 14.0. The molecule has 1 saturated carbocycles. The first-order valence-electron chi connectivity index (χ1n) is 7.42. The highest BCUT2D eigenvalue weighted by Gasteiger charge is 2.41. The number of rotatable bonds is 5. The van der Waals surface area contributed by atoms with Crippen molar-refractivity contribution in [3.05, 3.63) is 35.9 Å². The molecule has 1 aliphatic heterocycles. The van der Waals surface area contributed by atoms with E-state index in [9.17, 15) is 8.42 Å². The van der Waals surface area contributed by atoms with E-state index < -0.39 is 10.0 Å². The van der Waals surface area contributed by atoms with Gasteiger partial charge in [0.25, 0.3) is 0 Å². The summed E-state index contributed by atoms with van der Waals surface area (Å²) in [5, 5.41) is 3.29. The SMILES string of the molecule is O=S(=O)(CC1CCCCN1)NC1CC1c1ccccc1. The van der Waals surface area contributed by atoms with Crippen LogP contribution in [0, 0.1) is 0 Å². The smallest absolute Gasteiger partial charge is 0.213 e. The molecule has 1 heterocycles. The Labute approximate surface area is 121 Å². The summed E-state index contributed by atoms with van der Waals surface area (Å²) in [6.45, 7) is 0.941. The molecule has 3 rings (SSSR count). The molecule has 0 spiro atoms. The van der Waals surface area contributed by atoms with Crippen molar-refractivity contribution in [1.29, 1.82) is 0 Å². The first-order chi connectivity index (χ1) is 9.64. The molecule has 2 N–H and O–H groups in total. The molecule has 2 aliphatic rings. The lowest BCUT2D eigenvalue weighted by Gasteiger charge is -2.23. The maximum absolute atomic E-state index is 12.2. The third-order valence-corrected chi connectivity index (χ3v) is 5.69. The van der Waals surface area contributed by atoms with Gasteiger partial charge in [0.2, 0.25) is 10.0 Å². The van der Waals surface area contributed by atoms with Crippen LogP contribution >= 0.6 is 0 Å². The second-order valence-corrected chi connectivity index (χ2v) is 7.70. The van der Waals surface area contributed by atoms with E-state index in [4.69, 9.17) is 0 Å². The Morgan fingerprint density at radius 1 is 1.20 bits per heavy atom. The summed E-state index contributed by atoms with van der Waals surface area (Å²) in [5.74, 6) is 0.565. The van der Waals surface area contributed by atoms with Crippen molar-refractivity contribution in [3.8, 4) is 0 Å². The van der Waals surface area contributed by atoms with E-state index >= 15 is 0 Å². The minimum Gasteiger partial charge on any atom is -0.313 e. The molecule has 0 aromatic heterocycles. The van der Waals surface area contributed by atoms with Gasteiger partial charge < -0.3 is 5.32 Å². The molecule has 1 aliphatic carbocycles. The summed E-state index contributed by atoms with van der Waals surface area (Å²) in [4.78, 5) is 0. The Hall–Kier alpha value is -0.910. The standard InChI is InChI=1S/C15H22N2O2S/c18-20(19,11-13-8-4-5-9-16-13)17-15-10-14(15)12-6-2-1-3-7-12/h1-3,6-7,13-17H,4-5,8-11H2. The number of piperidine rings is 1. The van der Waals surface area contributed by atoms with Gasteiger partial charge in [-0.3, -0.25) is 0 Å². The van der Waals surface area contributed by atoms with Crippen LogP contribution in [0.4, 0.5) is 0 Å². The van der Waals surface area contributed by atoms with Gasteiger partial charge in [-0.25, -0.2) is 13.1 Å². The third-order valence-electron chi connectivity index (χ3n) is 4.18. The second kappa shape index (κ2) is 5.84. The van der Waals surface area contributed by atoms with Gasteiger partial charge in [0, 0.05) is 18.0 Å². The number of benzene rings is 1. The minimum absolute atomic E-state index is 0.0889. The number of nitrogens with one attached hydrogen (secondary N) is 2. The van der Waals surface area contributed by atoms with Gasteiger partial charge in [-0.2, -0.15) is 0 Å². The second-order valence-electron chi connectivity index (χ2n) is 5.91. The average Bonchev–Trinajstić information content (AvgIpc) is 3.18. The van der Waals surface area contributed by atoms with Crippen LogP contribution in [-0.4, -0.2) is 32.8 Å². The summed E-state index contributed by atoms with van der Waals surface area (Å²) in [5.41, 5.74) is 1.23. The Kier molecular flexibility index (Phi) is 4.10. The van der Waals surface area contributed by atoms with Crippen molar-refractivity contribution in [2.24, 2.45) is 0 Å². The zero-order valence-corrected chi connectivity index (χ0v) is 12.4. The highest BCUT2D eigenvalue weighted by molar-refractivity contribution is 7.89. The highest BCUT2D eigenvalue weighted by Crippen LogP contribution is 2.41. The fourth-order valence-corrected chi connectivity index (χ4v) is 4.64. The van der Waals surface area contributed by atoms with Gasteiger partial charge in [0.1, 0.15) is 0 Å². The maximum Gasteiger partial charge on any atom is 0.213 e. The van der Waals surface area contributed by atoms with Crippen molar-refractivity contribution < 1.29 is 8.42 Å². The van der Waals surface area contributed by atoms with Gasteiger partial charge in [0.05, 0.1) is 5.75 Å². The predicted octanol–water partition coefficient (Wildman–Crippen LogP) is 1.60. The number of sulfonamides is 1. The van der Waals surface area contributed by atoms with Crippen molar-refractivity contribution >= 4 is 10.0 Å². The van der Waals surface area contributed by atoms with E-state index in [1.54, 1.807) is 0 Å². The van der Waals surface area contributed by atoms with Crippen LogP contribution in [0.15, 0.2) is 30.3 Å². The topological polar surface area (TPSA) is 58.2 Å². The van der Waals surface area contributed by atoms with Crippen LogP contribution in [0.1, 0.15) is 37.2 Å². The molecule has 5 heteroatoms. The van der Waals surface area contributed by atoms with Gasteiger partial charge >= 0.3 is 0 Å². The van der Waals surface area contributed by atoms with Crippen LogP contribution in [0.5, 0.6) is 0 Å². The molecule has 1 aromatic rings. The molecule has 1 saturated heterocycles. The predicted molar refractivity (Wildman–Crippen MR) is 80.2 cm³/mol. The van der Waals surface area contributed by atoms with Crippen molar-refractivity contribution in [2.75, 3.05) is 12.3 Å². The fourth-order valence-electron chi connectivity index (χ4n) is 3.00. The molecule has 2 fully saturated rings. The first-order valence-corrected chi connectivity index (χ1v) is 9.07. The van der Waals surface area contributed by atoms with Crippen LogP contribution in [-0.2, 0) is 10.0 Å². The summed E-state index contributed by atoms with van der Waals surface area (Å²) in [6, 6.07) is 10.3. The normalized spacial score (nSPS) is 30.1. The lowest BCUT2D eigenvalue weighted by Crippen LogP contribution is -2.43. The average molecular weight is 294 g/mol. The molecule has 4 nitrogen and oxygen atoms in total. The number of hydrogen-bond acceptors (Lipinski definition) is 3. The van der Waals surface area contributed by atoms with Crippen LogP contribution in [0.25, 0.3) is 0 Å². The Morgan fingerprint density at radius 3 is 2.70 bits per heavy atom. The molecule has 1 aromatic carbocycles. The quantitative estimate of drug-likeness (QED) is 0.867. The summed E-state index contributed by atoms with van der Waals surface area (Å²) in [7, 11) is -3.17. The molecule has 3 atom stereocenters. The summed E-state index contributed by atoms with van der Waals surface area (Å²) >= 11 is 0. The van der Waals surface area contributed by atoms with Crippen molar-refractivity contribution in [1.82, 2.24) is 10.0 Å². The van der Waals surface area contributed by atoms with Gasteiger partial charge in [0.15, 0.2) is 0 Å². The molecular weight excluding hydrogens is 272 g/mol. The van der Waals surface area contributed by atoms with Crippen LogP contribution < -0.4 is 10.0 Å². The summed E-state index contributed by atoms with van der Waals surface area (Å²) in [6.07, 6.45) is 4.17. The molecule has 0 radical (unpaired) electrons. The van der Waals surface area contributed by atoms with Gasteiger partial charge in [-0.15, -0.1) is 0 Å². The Bertz CT molecular complexity index is 538. The zero-order valence-electron chi connectivity index (χ0n) is 11.6. The molecule has 3 unspecified atom stereocenters. The molecule has 110 valence electrons. The highest BCUT2D eigenvalue weighted by atomic mass is 32.2. The van der Waals surface area contributed by atoms with E-state index in [0.717, 1.165) is 32.2 Å². The molecule has 0 amide bonds. The Balaban J connectivity index is 1.53. The minimum atomic E-state index is -3.17. The maximum atomic E-state index is 12.2. The largest absolute Gasteiger partial charge is 0.313 e. The van der Waals surface area contributed by atoms with Crippen molar-refractivity contribution in [2.45, 2.75) is 43.7 Å². The number of hydrogen-bond donors (Lipinski definition) is 2. The van der Waals surface area contributed by atoms with E-state index in [-0.39, 0.29) is 17.8 Å². The van der Waals surface area contributed by atoms with Crippen LogP contribution in [0.3, 0.4) is 0 Å². The van der Waals surface area contributed by atoms with Crippen molar-refractivity contribution in [3.63, 3.8) is 0 Å². The molecular formula is C15H22N2O2S.